The van der Waals surface area contributed by atoms with Crippen LogP contribution in [0.15, 0.2) is 41.8 Å². The van der Waals surface area contributed by atoms with Crippen molar-refractivity contribution in [1.29, 1.82) is 0 Å². The van der Waals surface area contributed by atoms with Crippen LogP contribution in [0.1, 0.15) is 19.3 Å². The summed E-state index contributed by atoms with van der Waals surface area (Å²) in [4.78, 5) is 32.4. The van der Waals surface area contributed by atoms with Gasteiger partial charge in [-0.25, -0.2) is 0 Å². The number of nitrogens with one attached hydrogen (secondary N) is 1. The van der Waals surface area contributed by atoms with Crippen molar-refractivity contribution in [1.82, 2.24) is 14.7 Å². The van der Waals surface area contributed by atoms with E-state index < -0.39 is 0 Å². The minimum atomic E-state index is 0.00879. The summed E-state index contributed by atoms with van der Waals surface area (Å²) < 4.78 is 0. The molecule has 2 amide bonds. The minimum absolute atomic E-state index is 0.00879. The zero-order valence-corrected chi connectivity index (χ0v) is 18.0. The lowest BCUT2D eigenvalue weighted by atomic mass is 10.1. The molecule has 3 rings (SSSR count). The van der Waals surface area contributed by atoms with Gasteiger partial charge < -0.3 is 10.2 Å². The van der Waals surface area contributed by atoms with Gasteiger partial charge in [-0.2, -0.15) is 0 Å². The zero-order valence-electron chi connectivity index (χ0n) is 17.1. The van der Waals surface area contributed by atoms with E-state index in [1.807, 2.05) is 35.2 Å². The van der Waals surface area contributed by atoms with Gasteiger partial charge in [0.2, 0.25) is 11.8 Å². The van der Waals surface area contributed by atoms with Crippen molar-refractivity contribution < 1.29 is 9.59 Å². The third-order valence-corrected chi connectivity index (χ3v) is 6.49. The number of benzene rings is 1. The van der Waals surface area contributed by atoms with Crippen molar-refractivity contribution in [3.05, 3.63) is 36.9 Å². The van der Waals surface area contributed by atoms with E-state index in [0.29, 0.717) is 13.1 Å². The van der Waals surface area contributed by atoms with Crippen LogP contribution in [0.25, 0.3) is 0 Å². The highest BCUT2D eigenvalue weighted by Gasteiger charge is 2.23. The van der Waals surface area contributed by atoms with Crippen LogP contribution in [-0.4, -0.2) is 84.6 Å². The Balaban J connectivity index is 1.40. The van der Waals surface area contributed by atoms with Gasteiger partial charge in [0.25, 0.3) is 0 Å². The van der Waals surface area contributed by atoms with Crippen LogP contribution in [0.2, 0.25) is 0 Å². The summed E-state index contributed by atoms with van der Waals surface area (Å²) in [6, 6.07) is 7.87. The van der Waals surface area contributed by atoms with Crippen molar-refractivity contribution in [2.45, 2.75) is 24.2 Å². The van der Waals surface area contributed by atoms with Crippen molar-refractivity contribution in [2.24, 2.45) is 0 Å². The maximum Gasteiger partial charge on any atom is 0.238 e. The number of carbonyl (C=O) groups is 2. The number of piperidine rings is 1. The number of rotatable bonds is 8. The molecule has 0 bridgehead atoms. The molecule has 1 aromatic rings. The molecule has 0 spiro atoms. The number of thioether (sulfide) groups is 1. The Hall–Kier alpha value is -1.83. The van der Waals surface area contributed by atoms with Crippen LogP contribution in [0.4, 0.5) is 5.69 Å². The number of hydrogen-bond donors (Lipinski definition) is 1. The van der Waals surface area contributed by atoms with E-state index in [4.69, 9.17) is 0 Å². The second kappa shape index (κ2) is 11.4. The maximum absolute atomic E-state index is 12.5. The van der Waals surface area contributed by atoms with Crippen molar-refractivity contribution in [2.75, 3.05) is 63.4 Å². The van der Waals surface area contributed by atoms with Crippen LogP contribution in [0.3, 0.4) is 0 Å². The lowest BCUT2D eigenvalue weighted by Crippen LogP contribution is -2.51. The maximum atomic E-state index is 12.5. The number of para-hydroxylation sites is 1. The zero-order chi connectivity index (χ0) is 20.5. The lowest BCUT2D eigenvalue weighted by molar-refractivity contribution is -0.134. The number of likely N-dealkylation sites (tertiary alicyclic amines) is 1. The van der Waals surface area contributed by atoms with Gasteiger partial charge in [0.05, 0.1) is 18.8 Å². The lowest BCUT2D eigenvalue weighted by Gasteiger charge is -2.35. The summed E-state index contributed by atoms with van der Waals surface area (Å²) in [5.74, 6) is 1.07. The molecule has 2 heterocycles. The van der Waals surface area contributed by atoms with Gasteiger partial charge >= 0.3 is 0 Å². The molecular formula is C22H32N4O2S. The van der Waals surface area contributed by atoms with Gasteiger partial charge in [-0.1, -0.05) is 18.2 Å². The molecule has 158 valence electrons. The van der Waals surface area contributed by atoms with Gasteiger partial charge in [-0.05, 0) is 31.4 Å². The number of amides is 2. The number of carbonyl (C=O) groups excluding carboxylic acids is 2. The van der Waals surface area contributed by atoms with E-state index in [-0.39, 0.29) is 11.8 Å². The molecule has 7 heteroatoms. The topological polar surface area (TPSA) is 55.9 Å². The van der Waals surface area contributed by atoms with Gasteiger partial charge in [0.1, 0.15) is 0 Å². The minimum Gasteiger partial charge on any atom is -0.342 e. The van der Waals surface area contributed by atoms with Gasteiger partial charge in [0, 0.05) is 49.9 Å². The number of anilines is 1. The van der Waals surface area contributed by atoms with E-state index >= 15 is 0 Å². The molecule has 0 radical (unpaired) electrons. The number of hydrogen-bond acceptors (Lipinski definition) is 5. The van der Waals surface area contributed by atoms with Crippen LogP contribution in [0.5, 0.6) is 0 Å². The fourth-order valence-electron chi connectivity index (χ4n) is 3.78. The summed E-state index contributed by atoms with van der Waals surface area (Å²) in [7, 11) is 0. The van der Waals surface area contributed by atoms with E-state index in [0.717, 1.165) is 68.4 Å². The first kappa shape index (κ1) is 21.9. The van der Waals surface area contributed by atoms with Crippen molar-refractivity contribution in [3.63, 3.8) is 0 Å². The molecule has 2 aliphatic heterocycles. The summed E-state index contributed by atoms with van der Waals surface area (Å²) >= 11 is 1.66. The van der Waals surface area contributed by atoms with Crippen molar-refractivity contribution >= 4 is 29.3 Å². The predicted molar refractivity (Wildman–Crippen MR) is 119 cm³/mol. The summed E-state index contributed by atoms with van der Waals surface area (Å²) in [6.07, 6.45) is 5.36. The van der Waals surface area contributed by atoms with E-state index in [1.54, 1.807) is 11.8 Å². The Morgan fingerprint density at radius 2 is 1.62 bits per heavy atom. The second-order valence-electron chi connectivity index (χ2n) is 7.64. The Bertz CT molecular complexity index is 698. The smallest absolute Gasteiger partial charge is 0.238 e. The Labute approximate surface area is 178 Å². The Morgan fingerprint density at radius 3 is 2.31 bits per heavy atom. The molecule has 6 nitrogen and oxygen atoms in total. The van der Waals surface area contributed by atoms with Gasteiger partial charge in [-0.3, -0.25) is 19.4 Å². The molecule has 2 fully saturated rings. The second-order valence-corrected chi connectivity index (χ2v) is 8.70. The van der Waals surface area contributed by atoms with Gasteiger partial charge in [-0.15, -0.1) is 18.3 Å². The fourth-order valence-corrected chi connectivity index (χ4v) is 4.52. The largest absolute Gasteiger partial charge is 0.342 e. The third-order valence-electron chi connectivity index (χ3n) is 5.42. The standard InChI is InChI=1S/C22H32N4O2S/c1-2-16-29-20-9-5-4-8-19(20)23-21(27)17-24-12-14-25(15-13-24)18-22(28)26-10-6-3-7-11-26/h2,4-5,8-9H,1,3,6-7,10-18H2,(H,23,27). The summed E-state index contributed by atoms with van der Waals surface area (Å²) in [6.45, 7) is 9.75. The molecule has 0 unspecified atom stereocenters. The van der Waals surface area contributed by atoms with Crippen molar-refractivity contribution in [3.8, 4) is 0 Å². The first-order valence-corrected chi connectivity index (χ1v) is 11.5. The molecule has 0 aliphatic carbocycles. The van der Waals surface area contributed by atoms with E-state index in [2.05, 4.69) is 21.7 Å². The first-order valence-electron chi connectivity index (χ1n) is 10.5. The average molecular weight is 417 g/mol. The van der Waals surface area contributed by atoms with Gasteiger partial charge in [0.15, 0.2) is 0 Å². The number of piperazine rings is 1. The monoisotopic (exact) mass is 416 g/mol. The normalized spacial score (nSPS) is 18.4. The molecule has 1 aromatic carbocycles. The molecule has 29 heavy (non-hydrogen) atoms. The highest BCUT2D eigenvalue weighted by atomic mass is 32.2. The Morgan fingerprint density at radius 1 is 0.966 bits per heavy atom. The molecular weight excluding hydrogens is 384 g/mol. The number of nitrogens with zero attached hydrogens (tertiary/aromatic N) is 3. The molecule has 0 saturated carbocycles. The molecule has 0 atom stereocenters. The molecule has 0 aromatic heterocycles. The highest BCUT2D eigenvalue weighted by Crippen LogP contribution is 2.26. The Kier molecular flexibility index (Phi) is 8.58. The van der Waals surface area contributed by atoms with Crippen LogP contribution < -0.4 is 5.32 Å². The van der Waals surface area contributed by atoms with Crippen LogP contribution in [-0.2, 0) is 9.59 Å². The van der Waals surface area contributed by atoms with E-state index in [9.17, 15) is 9.59 Å². The quantitative estimate of drug-likeness (QED) is 0.521. The third kappa shape index (κ3) is 6.87. The molecule has 1 N–H and O–H groups in total. The first-order chi connectivity index (χ1) is 14.2. The molecule has 2 saturated heterocycles. The van der Waals surface area contributed by atoms with E-state index in [1.165, 1.54) is 6.42 Å². The summed E-state index contributed by atoms with van der Waals surface area (Å²) in [5, 5.41) is 3.04. The average Bonchev–Trinajstić information content (AvgIpc) is 2.75. The highest BCUT2D eigenvalue weighted by molar-refractivity contribution is 7.99. The van der Waals surface area contributed by atoms with Crippen LogP contribution >= 0.6 is 11.8 Å². The van der Waals surface area contributed by atoms with Crippen LogP contribution in [0, 0.1) is 0 Å². The fraction of sp³-hybridized carbons (Fsp3) is 0.545. The molecule has 2 aliphatic rings. The summed E-state index contributed by atoms with van der Waals surface area (Å²) in [5.41, 5.74) is 0.857. The predicted octanol–water partition coefficient (Wildman–Crippen LogP) is 2.53. The SMILES string of the molecule is C=CCSc1ccccc1NC(=O)CN1CCN(CC(=O)N2CCCCC2)CC1.